The number of phenols is 1. The fourth-order valence-corrected chi connectivity index (χ4v) is 14.2. The van der Waals surface area contributed by atoms with Crippen molar-refractivity contribution in [3.63, 3.8) is 0 Å². The number of fused-ring (bicyclic) bond motifs is 2. The van der Waals surface area contributed by atoms with Crippen molar-refractivity contribution in [3.05, 3.63) is 46.9 Å². The zero-order chi connectivity index (χ0) is 20.2. The number of benzene rings is 1. The molecule has 1 unspecified atom stereocenters. The summed E-state index contributed by atoms with van der Waals surface area (Å²) in [7, 11) is -2.26. The quantitative estimate of drug-likeness (QED) is 0.257. The fraction of sp³-hybridized carbons (Fsp3) is 0.200. The van der Waals surface area contributed by atoms with Crippen LogP contribution in [0.4, 0.5) is 5.69 Å². The van der Waals surface area contributed by atoms with Gasteiger partial charge in [-0.1, -0.05) is 0 Å². The maximum absolute atomic E-state index is 12.2. The first-order valence-corrected chi connectivity index (χ1v) is 15.9. The number of phenolic OH excluding ortho intramolecular Hbond substituents is 1. The average Bonchev–Trinajstić information content (AvgIpc) is 2.91. The van der Waals surface area contributed by atoms with E-state index in [2.05, 4.69) is 67.9 Å². The Kier molecular flexibility index (Phi) is 5.83. The molecule has 1 aliphatic carbocycles. The molecule has 2 aliphatic rings. The van der Waals surface area contributed by atoms with E-state index in [1.807, 2.05) is 12.1 Å². The minimum absolute atomic E-state index is 0.0263. The monoisotopic (exact) mass is 695 g/mol. The van der Waals surface area contributed by atoms with Crippen LogP contribution in [0.3, 0.4) is 0 Å². The zero-order valence-corrected chi connectivity index (χ0v) is 23.2. The molecule has 1 atom stereocenters. The molecule has 144 valence electrons. The van der Waals surface area contributed by atoms with Gasteiger partial charge in [0.15, 0.2) is 0 Å². The van der Waals surface area contributed by atoms with Gasteiger partial charge in [0, 0.05) is 0 Å². The molecule has 4 rings (SSSR count). The van der Waals surface area contributed by atoms with Crippen LogP contribution in [0.2, 0.25) is 12.6 Å². The van der Waals surface area contributed by atoms with Gasteiger partial charge < -0.3 is 0 Å². The number of nitrogens with zero attached hydrogens (tertiary/aromatic N) is 1. The van der Waals surface area contributed by atoms with Gasteiger partial charge in [0.05, 0.1) is 0 Å². The minimum atomic E-state index is -2.26. The van der Waals surface area contributed by atoms with Gasteiger partial charge in [-0.2, -0.15) is 0 Å². The Labute approximate surface area is 201 Å². The fourth-order valence-electron chi connectivity index (χ4n) is 4.07. The standard InChI is InChI=1S/C20H16Br2INO2SeSi/c1-3-8-28(2)14-9-10(25)4-5-11(14)24-12-6-7-13(26)15(19(12)28)18-16(21)17(23)20(22)27-18/h4-7,9,26H,3,8H2,1-2H3. The second-order valence-corrected chi connectivity index (χ2v) is 17.2. The first-order chi connectivity index (χ1) is 13.3. The summed E-state index contributed by atoms with van der Waals surface area (Å²) in [4.78, 5) is 17.1. The molecule has 1 aromatic carbocycles. The summed E-state index contributed by atoms with van der Waals surface area (Å²) in [6.45, 7) is 4.50. The third-order valence-electron chi connectivity index (χ3n) is 5.25. The predicted octanol–water partition coefficient (Wildman–Crippen LogP) is 5.63. The van der Waals surface area contributed by atoms with Gasteiger partial charge in [-0.3, -0.25) is 0 Å². The van der Waals surface area contributed by atoms with Crippen LogP contribution in [0.5, 0.6) is 5.75 Å². The second-order valence-electron chi connectivity index (χ2n) is 7.06. The molecule has 0 saturated heterocycles. The van der Waals surface area contributed by atoms with Gasteiger partial charge in [-0.15, -0.1) is 0 Å². The SMILES string of the molecule is CCC[Si]1(C)C2=CC(=O)C=CC2=Nc2ccc(O)c(-c3[se]c(Br)c(I)c3Br)c21. The van der Waals surface area contributed by atoms with Gasteiger partial charge in [-0.05, 0) is 0 Å². The summed E-state index contributed by atoms with van der Waals surface area (Å²) < 4.78 is 4.51. The summed E-state index contributed by atoms with van der Waals surface area (Å²) in [5.74, 6) is 0.323. The number of carbonyl (C=O) groups is 1. The zero-order valence-electron chi connectivity index (χ0n) is 15.1. The van der Waals surface area contributed by atoms with Crippen molar-refractivity contribution >= 4 is 99.4 Å². The van der Waals surface area contributed by atoms with E-state index in [-0.39, 0.29) is 20.3 Å². The molecular formula is C20H16Br2INO2SeSi. The summed E-state index contributed by atoms with van der Waals surface area (Å²) in [5.41, 5.74) is 2.76. The van der Waals surface area contributed by atoms with Gasteiger partial charge in [0.2, 0.25) is 0 Å². The van der Waals surface area contributed by atoms with Crippen molar-refractivity contribution in [3.8, 4) is 15.8 Å². The summed E-state index contributed by atoms with van der Waals surface area (Å²) in [6, 6.07) is 4.69. The number of aromatic hydroxyl groups is 1. The molecule has 28 heavy (non-hydrogen) atoms. The Hall–Kier alpha value is -0.254. The normalized spacial score (nSPS) is 20.5. The van der Waals surface area contributed by atoms with Crippen molar-refractivity contribution in [2.75, 3.05) is 0 Å². The Morgan fingerprint density at radius 1 is 1.29 bits per heavy atom. The first-order valence-electron chi connectivity index (χ1n) is 8.81. The van der Waals surface area contributed by atoms with E-state index in [4.69, 9.17) is 4.99 Å². The van der Waals surface area contributed by atoms with Crippen molar-refractivity contribution < 1.29 is 9.90 Å². The number of allylic oxidation sites excluding steroid dienone is 4. The molecule has 8 heteroatoms. The molecule has 0 radical (unpaired) electrons. The molecule has 2 aromatic rings. The number of carbonyl (C=O) groups excluding carboxylic acids is 1. The van der Waals surface area contributed by atoms with E-state index < -0.39 is 8.07 Å². The number of ketones is 1. The summed E-state index contributed by atoms with van der Waals surface area (Å²) in [5, 5.41) is 13.2. The van der Waals surface area contributed by atoms with Gasteiger partial charge >= 0.3 is 203 Å². The average molecular weight is 696 g/mol. The molecule has 1 aromatic heterocycles. The van der Waals surface area contributed by atoms with Crippen LogP contribution in [-0.2, 0) is 4.79 Å². The molecule has 3 nitrogen and oxygen atoms in total. The van der Waals surface area contributed by atoms with Crippen molar-refractivity contribution in [1.82, 2.24) is 0 Å². The second kappa shape index (κ2) is 7.78. The predicted molar refractivity (Wildman–Crippen MR) is 134 cm³/mol. The number of rotatable bonds is 3. The third kappa shape index (κ3) is 3.24. The number of halogens is 3. The van der Waals surface area contributed by atoms with Crippen LogP contribution in [-0.4, -0.2) is 39.2 Å². The van der Waals surface area contributed by atoms with Crippen molar-refractivity contribution in [2.24, 2.45) is 4.99 Å². The number of hydrogen-bond donors (Lipinski definition) is 1. The van der Waals surface area contributed by atoms with Gasteiger partial charge in [0.1, 0.15) is 0 Å². The van der Waals surface area contributed by atoms with Crippen molar-refractivity contribution in [2.45, 2.75) is 25.9 Å². The molecule has 0 spiro atoms. The van der Waals surface area contributed by atoms with E-state index in [1.54, 1.807) is 18.2 Å². The Morgan fingerprint density at radius 2 is 2.04 bits per heavy atom. The Bertz CT molecular complexity index is 1120. The molecular weight excluding hydrogens is 680 g/mol. The summed E-state index contributed by atoms with van der Waals surface area (Å²) in [6.07, 6.45) is 6.24. The topological polar surface area (TPSA) is 49.7 Å². The molecule has 2 heterocycles. The van der Waals surface area contributed by atoms with E-state index in [9.17, 15) is 9.90 Å². The van der Waals surface area contributed by atoms with Crippen LogP contribution in [0.1, 0.15) is 13.3 Å². The molecule has 0 saturated carbocycles. The van der Waals surface area contributed by atoms with Gasteiger partial charge in [0.25, 0.3) is 0 Å². The maximum atomic E-state index is 12.2. The molecule has 0 fully saturated rings. The number of aliphatic imine (C=N–C) groups is 1. The Morgan fingerprint density at radius 3 is 2.68 bits per heavy atom. The Balaban J connectivity index is 2.10. The van der Waals surface area contributed by atoms with Crippen LogP contribution < -0.4 is 5.19 Å². The number of hydrogen-bond acceptors (Lipinski definition) is 3. The van der Waals surface area contributed by atoms with Gasteiger partial charge in [-0.25, -0.2) is 0 Å². The van der Waals surface area contributed by atoms with Crippen LogP contribution in [0.15, 0.2) is 48.4 Å². The first kappa shape index (κ1) is 21.0. The molecule has 0 amide bonds. The third-order valence-corrected chi connectivity index (χ3v) is 18.0. The van der Waals surface area contributed by atoms with E-state index in [0.29, 0.717) is 5.75 Å². The van der Waals surface area contributed by atoms with Crippen LogP contribution in [0, 0.1) is 3.57 Å². The summed E-state index contributed by atoms with van der Waals surface area (Å²) >= 11 is 9.85. The van der Waals surface area contributed by atoms with E-state index in [0.717, 1.165) is 52.3 Å². The van der Waals surface area contributed by atoms with E-state index >= 15 is 0 Å². The van der Waals surface area contributed by atoms with E-state index in [1.165, 1.54) is 3.35 Å². The van der Waals surface area contributed by atoms with Crippen molar-refractivity contribution in [1.29, 1.82) is 0 Å². The van der Waals surface area contributed by atoms with Crippen LogP contribution in [0.25, 0.3) is 10.0 Å². The molecule has 1 N–H and O–H groups in total. The molecule has 1 aliphatic heterocycles. The molecule has 0 bridgehead atoms. The van der Waals surface area contributed by atoms with Crippen LogP contribution >= 0.6 is 54.5 Å².